The van der Waals surface area contributed by atoms with Crippen LogP contribution in [0.3, 0.4) is 0 Å². The minimum Gasteiger partial charge on any atom is -0.491 e. The van der Waals surface area contributed by atoms with Crippen LogP contribution in [0.15, 0.2) is 54.6 Å². The molecular formula is C21H25N3O5. The van der Waals surface area contributed by atoms with Crippen LogP contribution in [0.5, 0.6) is 5.75 Å². The van der Waals surface area contributed by atoms with Crippen LogP contribution in [0, 0.1) is 10.1 Å². The number of ether oxygens (including phenoxy) is 1. The van der Waals surface area contributed by atoms with E-state index in [2.05, 4.69) is 10.2 Å². The number of hydrogen-bond donors (Lipinski definition) is 2. The molecule has 1 amide bonds. The summed E-state index contributed by atoms with van der Waals surface area (Å²) in [6.07, 6.45) is 0.990. The summed E-state index contributed by atoms with van der Waals surface area (Å²) in [5, 5.41) is 23.9. The van der Waals surface area contributed by atoms with Crippen molar-refractivity contribution in [3.8, 4) is 5.75 Å². The van der Waals surface area contributed by atoms with Gasteiger partial charge in [-0.3, -0.25) is 14.9 Å². The molecule has 1 aliphatic rings. The average molecular weight is 399 g/mol. The molecule has 8 heteroatoms. The van der Waals surface area contributed by atoms with E-state index in [-0.39, 0.29) is 24.2 Å². The fourth-order valence-electron chi connectivity index (χ4n) is 3.33. The summed E-state index contributed by atoms with van der Waals surface area (Å²) >= 11 is 0. The molecule has 1 fully saturated rings. The van der Waals surface area contributed by atoms with E-state index in [0.29, 0.717) is 17.9 Å². The quantitative estimate of drug-likeness (QED) is 0.521. The Morgan fingerprint density at radius 3 is 2.45 bits per heavy atom. The molecule has 154 valence electrons. The van der Waals surface area contributed by atoms with Gasteiger partial charge in [0.15, 0.2) is 0 Å². The lowest BCUT2D eigenvalue weighted by atomic mass is 10.0. The van der Waals surface area contributed by atoms with Crippen molar-refractivity contribution >= 4 is 11.6 Å². The molecular weight excluding hydrogens is 374 g/mol. The zero-order valence-corrected chi connectivity index (χ0v) is 16.1. The first-order chi connectivity index (χ1) is 14.0. The highest BCUT2D eigenvalue weighted by molar-refractivity contribution is 5.94. The van der Waals surface area contributed by atoms with Crippen LogP contribution in [0.4, 0.5) is 5.69 Å². The Hall–Kier alpha value is -2.97. The second-order valence-electron chi connectivity index (χ2n) is 7.13. The highest BCUT2D eigenvalue weighted by Gasteiger charge is 2.22. The molecule has 1 unspecified atom stereocenters. The fourth-order valence-corrected chi connectivity index (χ4v) is 3.33. The molecule has 29 heavy (non-hydrogen) atoms. The number of β-amino-alcohol motifs (C(OH)–C–C–N with tert-alkyl or cyclic N) is 1. The Kier molecular flexibility index (Phi) is 7.15. The van der Waals surface area contributed by atoms with E-state index in [1.807, 2.05) is 18.2 Å². The number of amides is 1. The molecule has 2 aromatic carbocycles. The van der Waals surface area contributed by atoms with Gasteiger partial charge in [-0.2, -0.15) is 0 Å². The third kappa shape index (κ3) is 6.27. The van der Waals surface area contributed by atoms with Gasteiger partial charge in [0.2, 0.25) is 0 Å². The third-order valence-corrected chi connectivity index (χ3v) is 4.92. The molecule has 0 spiro atoms. The predicted molar refractivity (Wildman–Crippen MR) is 108 cm³/mol. The maximum absolute atomic E-state index is 12.2. The SMILES string of the molecule is O=C(NC1CCN(CC(O)COc2ccc([N+](=O)[O-])cc2)CC1)c1ccccc1. The van der Waals surface area contributed by atoms with Crippen molar-refractivity contribution in [3.63, 3.8) is 0 Å². The van der Waals surface area contributed by atoms with Gasteiger partial charge in [0.1, 0.15) is 18.5 Å². The number of non-ortho nitro benzene ring substituents is 1. The van der Waals surface area contributed by atoms with Crippen LogP contribution in [0.2, 0.25) is 0 Å². The maximum Gasteiger partial charge on any atom is 0.269 e. The summed E-state index contributed by atoms with van der Waals surface area (Å²) in [4.78, 5) is 24.6. The monoisotopic (exact) mass is 399 g/mol. The number of aliphatic hydroxyl groups excluding tert-OH is 1. The Bertz CT molecular complexity index is 805. The summed E-state index contributed by atoms with van der Waals surface area (Å²) in [5.41, 5.74) is 0.661. The first-order valence-electron chi connectivity index (χ1n) is 9.65. The number of nitrogens with zero attached hydrogens (tertiary/aromatic N) is 2. The van der Waals surface area contributed by atoms with Gasteiger partial charge in [-0.1, -0.05) is 18.2 Å². The number of nitrogens with one attached hydrogen (secondary N) is 1. The number of aliphatic hydroxyl groups is 1. The van der Waals surface area contributed by atoms with Crippen molar-refractivity contribution in [3.05, 3.63) is 70.3 Å². The zero-order valence-electron chi connectivity index (χ0n) is 16.1. The Balaban J connectivity index is 1.36. The Morgan fingerprint density at radius 2 is 1.83 bits per heavy atom. The number of hydrogen-bond acceptors (Lipinski definition) is 6. The number of piperidine rings is 1. The third-order valence-electron chi connectivity index (χ3n) is 4.92. The minimum absolute atomic E-state index is 0.000116. The second-order valence-corrected chi connectivity index (χ2v) is 7.13. The maximum atomic E-state index is 12.2. The molecule has 0 bridgehead atoms. The molecule has 2 N–H and O–H groups in total. The van der Waals surface area contributed by atoms with E-state index in [1.165, 1.54) is 24.3 Å². The minimum atomic E-state index is -0.666. The van der Waals surface area contributed by atoms with Crippen molar-refractivity contribution in [1.29, 1.82) is 0 Å². The fraction of sp³-hybridized carbons (Fsp3) is 0.381. The predicted octanol–water partition coefficient (Wildman–Crippen LogP) is 2.23. The van der Waals surface area contributed by atoms with Gasteiger partial charge < -0.3 is 20.1 Å². The number of carbonyl (C=O) groups excluding carboxylic acids is 1. The van der Waals surface area contributed by atoms with Crippen LogP contribution in [-0.4, -0.2) is 59.2 Å². The lowest BCUT2D eigenvalue weighted by molar-refractivity contribution is -0.384. The number of rotatable bonds is 8. The Morgan fingerprint density at radius 1 is 1.17 bits per heavy atom. The standard InChI is InChI=1S/C21H25N3O5/c25-19(15-29-20-8-6-18(7-9-20)24(27)28)14-23-12-10-17(11-13-23)22-21(26)16-4-2-1-3-5-16/h1-9,17,19,25H,10-15H2,(H,22,26). The van der Waals surface area contributed by atoms with E-state index in [4.69, 9.17) is 4.74 Å². The normalized spacial score (nSPS) is 16.2. The van der Waals surface area contributed by atoms with Crippen molar-refractivity contribution in [2.45, 2.75) is 25.0 Å². The van der Waals surface area contributed by atoms with Crippen molar-refractivity contribution in [1.82, 2.24) is 10.2 Å². The van der Waals surface area contributed by atoms with Crippen LogP contribution in [-0.2, 0) is 0 Å². The molecule has 0 aromatic heterocycles. The molecule has 3 rings (SSSR count). The molecule has 8 nitrogen and oxygen atoms in total. The summed E-state index contributed by atoms with van der Waals surface area (Å²) in [6.45, 7) is 2.16. The van der Waals surface area contributed by atoms with Gasteiger partial charge in [-0.05, 0) is 37.1 Å². The number of benzene rings is 2. The highest BCUT2D eigenvalue weighted by atomic mass is 16.6. The molecule has 1 aliphatic heterocycles. The van der Waals surface area contributed by atoms with Gasteiger partial charge in [0, 0.05) is 43.4 Å². The first kappa shape index (κ1) is 20.8. The molecule has 0 saturated carbocycles. The molecule has 1 atom stereocenters. The van der Waals surface area contributed by atoms with Crippen LogP contribution >= 0.6 is 0 Å². The van der Waals surface area contributed by atoms with Gasteiger partial charge >= 0.3 is 0 Å². The van der Waals surface area contributed by atoms with Crippen molar-refractivity contribution in [2.24, 2.45) is 0 Å². The molecule has 2 aromatic rings. The van der Waals surface area contributed by atoms with Gasteiger partial charge in [0.25, 0.3) is 11.6 Å². The highest BCUT2D eigenvalue weighted by Crippen LogP contribution is 2.18. The second kappa shape index (κ2) is 9.99. The summed E-state index contributed by atoms with van der Waals surface area (Å²) in [6, 6.07) is 15.1. The van der Waals surface area contributed by atoms with Crippen molar-refractivity contribution in [2.75, 3.05) is 26.2 Å². The Labute approximate surface area is 169 Å². The average Bonchev–Trinajstić information content (AvgIpc) is 2.74. The van der Waals surface area contributed by atoms with E-state index >= 15 is 0 Å². The number of nitro groups is 1. The van der Waals surface area contributed by atoms with Crippen LogP contribution in [0.25, 0.3) is 0 Å². The number of nitro benzene ring substituents is 1. The molecule has 0 aliphatic carbocycles. The van der Waals surface area contributed by atoms with Gasteiger partial charge in [-0.25, -0.2) is 0 Å². The first-order valence-corrected chi connectivity index (χ1v) is 9.65. The van der Waals surface area contributed by atoms with E-state index in [0.717, 1.165) is 25.9 Å². The van der Waals surface area contributed by atoms with E-state index < -0.39 is 11.0 Å². The lowest BCUT2D eigenvalue weighted by Gasteiger charge is -2.33. The summed E-state index contributed by atoms with van der Waals surface area (Å²) in [5.74, 6) is 0.428. The van der Waals surface area contributed by atoms with E-state index in [1.54, 1.807) is 12.1 Å². The van der Waals surface area contributed by atoms with Gasteiger partial charge in [0.05, 0.1) is 4.92 Å². The molecule has 0 radical (unpaired) electrons. The lowest BCUT2D eigenvalue weighted by Crippen LogP contribution is -2.47. The molecule has 1 saturated heterocycles. The smallest absolute Gasteiger partial charge is 0.269 e. The van der Waals surface area contributed by atoms with Gasteiger partial charge in [-0.15, -0.1) is 0 Å². The molecule has 1 heterocycles. The number of likely N-dealkylation sites (tertiary alicyclic amines) is 1. The number of carbonyl (C=O) groups is 1. The summed E-state index contributed by atoms with van der Waals surface area (Å²) in [7, 11) is 0. The van der Waals surface area contributed by atoms with E-state index in [9.17, 15) is 20.0 Å². The van der Waals surface area contributed by atoms with Crippen molar-refractivity contribution < 1.29 is 19.6 Å². The topological polar surface area (TPSA) is 105 Å². The zero-order chi connectivity index (χ0) is 20.6. The largest absolute Gasteiger partial charge is 0.491 e. The van der Waals surface area contributed by atoms with Crippen LogP contribution < -0.4 is 10.1 Å². The van der Waals surface area contributed by atoms with Crippen LogP contribution in [0.1, 0.15) is 23.2 Å². The summed E-state index contributed by atoms with van der Waals surface area (Å²) < 4.78 is 5.51.